The van der Waals surface area contributed by atoms with E-state index < -0.39 is 16.8 Å². The summed E-state index contributed by atoms with van der Waals surface area (Å²) in [6, 6.07) is 3.98. The third-order valence-corrected chi connectivity index (χ3v) is 6.20. The molecule has 1 saturated heterocycles. The van der Waals surface area contributed by atoms with E-state index in [-0.39, 0.29) is 22.0 Å². The first-order valence-electron chi connectivity index (χ1n) is 7.08. The lowest BCUT2D eigenvalue weighted by Crippen LogP contribution is -2.27. The fraction of sp³-hybridized carbons (Fsp3) is 0.250. The van der Waals surface area contributed by atoms with Gasteiger partial charge in [0, 0.05) is 18.0 Å². The molecule has 2 aromatic rings. The van der Waals surface area contributed by atoms with Crippen LogP contribution in [0.4, 0.5) is 10.1 Å². The fourth-order valence-electron chi connectivity index (χ4n) is 2.07. The van der Waals surface area contributed by atoms with Crippen molar-refractivity contribution >= 4 is 50.2 Å². The number of benzene rings is 1. The van der Waals surface area contributed by atoms with Crippen LogP contribution in [0.25, 0.3) is 0 Å². The molecule has 3 rings (SSSR count). The lowest BCUT2D eigenvalue weighted by molar-refractivity contribution is 0.297. The molecule has 1 fully saturated rings. The van der Waals surface area contributed by atoms with E-state index in [0.29, 0.717) is 23.0 Å². The highest BCUT2D eigenvalue weighted by Crippen LogP contribution is 2.34. The molecule has 0 saturated carbocycles. The Bertz CT molecular complexity index is 823. The van der Waals surface area contributed by atoms with E-state index in [4.69, 9.17) is 4.63 Å². The monoisotopic (exact) mass is 468 g/mol. The Morgan fingerprint density at radius 1 is 1.50 bits per heavy atom. The summed E-state index contributed by atoms with van der Waals surface area (Å²) in [6.45, 7) is 0.374. The Kier molecular flexibility index (Phi) is 6.01. The van der Waals surface area contributed by atoms with Gasteiger partial charge in [-0.1, -0.05) is 27.9 Å². The Hall–Kier alpha value is -1.42. The minimum atomic E-state index is -2.95. The molecular weight excluding hydrogens is 455 g/mol. The summed E-state index contributed by atoms with van der Waals surface area (Å²) < 4.78 is 42.4. The topological polar surface area (TPSA) is 148 Å². The minimum Gasteiger partial charge on any atom is -0.409 e. The van der Waals surface area contributed by atoms with E-state index in [1.807, 2.05) is 0 Å². The second kappa shape index (κ2) is 8.08. The molecular formula is C12H14BrFN6O4S2. The van der Waals surface area contributed by atoms with Gasteiger partial charge in [0.05, 0.1) is 10.5 Å². The van der Waals surface area contributed by atoms with Gasteiger partial charge in [0.15, 0.2) is 10.7 Å². The Morgan fingerprint density at radius 2 is 2.31 bits per heavy atom. The van der Waals surface area contributed by atoms with Gasteiger partial charge < -0.3 is 10.5 Å². The van der Waals surface area contributed by atoms with Crippen molar-refractivity contribution in [2.75, 3.05) is 17.6 Å². The number of nitrogens with zero attached hydrogens (tertiary/aromatic N) is 3. The number of halogens is 2. The number of oxime groups is 1. The van der Waals surface area contributed by atoms with Gasteiger partial charge in [0.25, 0.3) is 0 Å². The summed E-state index contributed by atoms with van der Waals surface area (Å²) >= 11 is 4.30. The van der Waals surface area contributed by atoms with Gasteiger partial charge in [-0.3, -0.25) is 9.11 Å². The van der Waals surface area contributed by atoms with Crippen LogP contribution in [0.3, 0.4) is 0 Å². The van der Waals surface area contributed by atoms with Crippen LogP contribution in [0.5, 0.6) is 0 Å². The predicted molar refractivity (Wildman–Crippen MR) is 98.8 cm³/mol. The zero-order valence-corrected chi connectivity index (χ0v) is 16.1. The molecule has 0 bridgehead atoms. The summed E-state index contributed by atoms with van der Waals surface area (Å²) in [5.41, 5.74) is 0.621. The SMILES string of the molecule is ON=C(Nc1ccc(F)c(Br)c1)c1nonc1SCC1CNS(O)(O)N1. The van der Waals surface area contributed by atoms with Crippen LogP contribution < -0.4 is 14.8 Å². The van der Waals surface area contributed by atoms with Crippen molar-refractivity contribution in [1.82, 2.24) is 19.8 Å². The minimum absolute atomic E-state index is 0.0333. The van der Waals surface area contributed by atoms with Crippen molar-refractivity contribution in [2.45, 2.75) is 11.1 Å². The van der Waals surface area contributed by atoms with Gasteiger partial charge in [-0.2, -0.15) is 0 Å². The second-order valence-electron chi connectivity index (χ2n) is 5.14. The van der Waals surface area contributed by atoms with Gasteiger partial charge >= 0.3 is 0 Å². The lowest BCUT2D eigenvalue weighted by Gasteiger charge is -2.26. The quantitative estimate of drug-likeness (QED) is 0.127. The maximum Gasteiger partial charge on any atom is 0.202 e. The molecule has 1 atom stereocenters. The van der Waals surface area contributed by atoms with Crippen LogP contribution in [-0.2, 0) is 0 Å². The molecule has 1 aromatic heterocycles. The zero-order chi connectivity index (χ0) is 18.7. The maximum atomic E-state index is 13.3. The van der Waals surface area contributed by atoms with Crippen molar-refractivity contribution in [3.8, 4) is 0 Å². The molecule has 142 valence electrons. The van der Waals surface area contributed by atoms with E-state index >= 15 is 0 Å². The summed E-state index contributed by atoms with van der Waals surface area (Å²) in [6.07, 6.45) is 0. The van der Waals surface area contributed by atoms with E-state index in [1.165, 1.54) is 30.0 Å². The number of anilines is 1. The molecule has 0 amide bonds. The average molecular weight is 469 g/mol. The first-order chi connectivity index (χ1) is 12.4. The number of hydrogen-bond acceptors (Lipinski definition) is 10. The first kappa shape index (κ1) is 19.3. The fourth-order valence-corrected chi connectivity index (χ4v) is 4.62. The van der Waals surface area contributed by atoms with Crippen LogP contribution >= 0.6 is 38.7 Å². The van der Waals surface area contributed by atoms with E-state index in [0.717, 1.165) is 0 Å². The average Bonchev–Trinajstić information content (AvgIpc) is 3.20. The molecule has 0 spiro atoms. The number of amidine groups is 1. The standard InChI is InChI=1S/C12H14BrFN6O4S2/c13-8-3-6(1-2-9(8)14)16-11(17-21)10-12(19-24-18-10)25-5-7-4-15-26(22,23)20-7/h1-3,7,15,20-23H,4-5H2,(H,16,17). The van der Waals surface area contributed by atoms with Crippen molar-refractivity contribution in [3.05, 3.63) is 34.2 Å². The van der Waals surface area contributed by atoms with Crippen LogP contribution in [0.15, 0.2) is 37.5 Å². The first-order valence-corrected chi connectivity index (χ1v) is 10.4. The van der Waals surface area contributed by atoms with Crippen LogP contribution in [0.1, 0.15) is 5.69 Å². The summed E-state index contributed by atoms with van der Waals surface area (Å²) in [5, 5.41) is 23.1. The number of aromatic nitrogens is 2. The molecule has 14 heteroatoms. The number of thioether (sulfide) groups is 1. The molecule has 1 unspecified atom stereocenters. The highest BCUT2D eigenvalue weighted by atomic mass is 79.9. The highest BCUT2D eigenvalue weighted by Gasteiger charge is 2.28. The van der Waals surface area contributed by atoms with Crippen molar-refractivity contribution < 1.29 is 23.3 Å². The number of rotatable bonds is 5. The molecule has 10 nitrogen and oxygen atoms in total. The van der Waals surface area contributed by atoms with E-state index in [2.05, 4.69) is 46.2 Å². The smallest absolute Gasteiger partial charge is 0.202 e. The third kappa shape index (κ3) is 4.64. The number of hydrogen-bond donors (Lipinski definition) is 6. The second-order valence-corrected chi connectivity index (χ2v) is 8.63. The van der Waals surface area contributed by atoms with Gasteiger partial charge in [-0.25, -0.2) is 18.5 Å². The number of nitrogens with one attached hydrogen (secondary N) is 3. The third-order valence-electron chi connectivity index (χ3n) is 3.25. The summed E-state index contributed by atoms with van der Waals surface area (Å²) in [4.78, 5) is 0. The Morgan fingerprint density at radius 3 is 2.96 bits per heavy atom. The van der Waals surface area contributed by atoms with Gasteiger partial charge in [0.1, 0.15) is 5.82 Å². The molecule has 6 N–H and O–H groups in total. The molecule has 1 aliphatic heterocycles. The van der Waals surface area contributed by atoms with Crippen LogP contribution in [-0.4, -0.2) is 48.8 Å². The Labute approximate surface area is 161 Å². The van der Waals surface area contributed by atoms with Gasteiger partial charge in [-0.15, -0.1) is 0 Å². The molecule has 2 heterocycles. The maximum absolute atomic E-state index is 13.3. The van der Waals surface area contributed by atoms with Crippen molar-refractivity contribution in [1.29, 1.82) is 0 Å². The van der Waals surface area contributed by atoms with Crippen molar-refractivity contribution in [2.24, 2.45) is 5.16 Å². The molecule has 0 radical (unpaired) electrons. The van der Waals surface area contributed by atoms with Gasteiger partial charge in [0.2, 0.25) is 5.84 Å². The Balaban J connectivity index is 1.68. The molecule has 1 aromatic carbocycles. The largest absolute Gasteiger partial charge is 0.409 e. The molecule has 0 aliphatic carbocycles. The van der Waals surface area contributed by atoms with Crippen LogP contribution in [0, 0.1) is 5.82 Å². The predicted octanol–water partition coefficient (Wildman–Crippen LogP) is 2.45. The normalized spacial score (nSPS) is 20.9. The summed E-state index contributed by atoms with van der Waals surface area (Å²) in [5.74, 6) is -0.0275. The lowest BCUT2D eigenvalue weighted by atomic mass is 10.3. The zero-order valence-electron chi connectivity index (χ0n) is 12.9. The summed E-state index contributed by atoms with van der Waals surface area (Å²) in [7, 11) is -2.95. The van der Waals surface area contributed by atoms with Crippen LogP contribution in [0.2, 0.25) is 0 Å². The van der Waals surface area contributed by atoms with E-state index in [9.17, 15) is 18.7 Å². The highest BCUT2D eigenvalue weighted by molar-refractivity contribution is 9.10. The van der Waals surface area contributed by atoms with Gasteiger partial charge in [-0.05, 0) is 44.4 Å². The van der Waals surface area contributed by atoms with Crippen molar-refractivity contribution in [3.63, 3.8) is 0 Å². The molecule has 26 heavy (non-hydrogen) atoms. The molecule has 1 aliphatic rings. The van der Waals surface area contributed by atoms with E-state index in [1.54, 1.807) is 0 Å².